The van der Waals surface area contributed by atoms with Crippen LogP contribution >= 0.6 is 0 Å². The number of rotatable bonds is 5. The first-order valence-electron chi connectivity index (χ1n) is 7.82. The molecule has 8 heteroatoms. The van der Waals surface area contributed by atoms with Gasteiger partial charge in [0.2, 0.25) is 5.91 Å². The zero-order valence-corrected chi connectivity index (χ0v) is 13.9. The predicted octanol–water partition coefficient (Wildman–Crippen LogP) is 1.27. The molecule has 0 radical (unpaired) electrons. The maximum absolute atomic E-state index is 12.9. The van der Waals surface area contributed by atoms with E-state index in [0.717, 1.165) is 11.4 Å². The number of hydrogen-bond acceptors (Lipinski definition) is 5. The highest BCUT2D eigenvalue weighted by Crippen LogP contribution is 2.12. The number of carbonyl (C=O) groups excluding carboxylic acids is 1. The number of aliphatic hydroxyl groups excluding tert-OH is 1. The van der Waals surface area contributed by atoms with E-state index in [4.69, 9.17) is 0 Å². The highest BCUT2D eigenvalue weighted by Gasteiger charge is 2.14. The highest BCUT2D eigenvalue weighted by molar-refractivity contribution is 5.77. The number of amides is 1. The van der Waals surface area contributed by atoms with Crippen LogP contribution in [0.1, 0.15) is 28.9 Å². The predicted molar refractivity (Wildman–Crippen MR) is 88.3 cm³/mol. The lowest BCUT2D eigenvalue weighted by molar-refractivity contribution is -0.121. The molecule has 7 nitrogen and oxygen atoms in total. The summed E-state index contributed by atoms with van der Waals surface area (Å²) in [5.74, 6) is 0.116. The van der Waals surface area contributed by atoms with E-state index in [1.807, 2.05) is 19.9 Å². The van der Waals surface area contributed by atoms with E-state index in [2.05, 4.69) is 20.4 Å². The Morgan fingerprint density at radius 1 is 1.28 bits per heavy atom. The zero-order chi connectivity index (χ0) is 18.0. The minimum absolute atomic E-state index is 0.0159. The Bertz CT molecular complexity index is 907. The Balaban J connectivity index is 1.61. The summed E-state index contributed by atoms with van der Waals surface area (Å²) in [7, 11) is 0. The third kappa shape index (κ3) is 3.97. The maximum Gasteiger partial charge on any atom is 0.252 e. The summed E-state index contributed by atoms with van der Waals surface area (Å²) in [6.45, 7) is 3.78. The summed E-state index contributed by atoms with van der Waals surface area (Å²) in [6, 6.07) is 7.36. The summed E-state index contributed by atoms with van der Waals surface area (Å²) < 4.78 is 14.5. The molecule has 0 spiro atoms. The molecule has 3 aromatic rings. The number of aliphatic hydroxyl groups is 1. The number of fused-ring (bicyclic) bond motifs is 1. The van der Waals surface area contributed by atoms with Gasteiger partial charge in [0, 0.05) is 17.9 Å². The Labute approximate surface area is 143 Å². The number of nitrogens with zero attached hydrogens (tertiary/aromatic N) is 4. The van der Waals surface area contributed by atoms with Crippen molar-refractivity contribution >= 4 is 11.7 Å². The van der Waals surface area contributed by atoms with Crippen LogP contribution in [0.15, 0.2) is 30.3 Å². The van der Waals surface area contributed by atoms with E-state index >= 15 is 0 Å². The highest BCUT2D eigenvalue weighted by atomic mass is 19.1. The molecule has 1 unspecified atom stereocenters. The van der Waals surface area contributed by atoms with Crippen molar-refractivity contribution in [1.82, 2.24) is 24.9 Å². The number of aromatic nitrogens is 4. The molecule has 2 N–H and O–H groups in total. The lowest BCUT2D eigenvalue weighted by Gasteiger charge is -2.11. The first-order chi connectivity index (χ1) is 11.9. The standard InChI is InChI=1S/C17H18FN5O2/c1-10-7-11(2)23-17(20-10)21-15(22-23)8-16(25)19-9-14(24)12-3-5-13(18)6-4-12/h3-7,14,24H,8-9H2,1-2H3,(H,19,25). The minimum atomic E-state index is -0.912. The van der Waals surface area contributed by atoms with E-state index in [1.54, 1.807) is 4.52 Å². The van der Waals surface area contributed by atoms with Gasteiger partial charge in [0.1, 0.15) is 5.82 Å². The molecule has 0 bridgehead atoms. The van der Waals surface area contributed by atoms with Gasteiger partial charge in [0.15, 0.2) is 5.82 Å². The van der Waals surface area contributed by atoms with Crippen molar-refractivity contribution < 1.29 is 14.3 Å². The van der Waals surface area contributed by atoms with Crippen molar-refractivity contribution in [1.29, 1.82) is 0 Å². The zero-order valence-electron chi connectivity index (χ0n) is 13.9. The summed E-state index contributed by atoms with van der Waals surface area (Å²) in [4.78, 5) is 20.6. The van der Waals surface area contributed by atoms with Gasteiger partial charge < -0.3 is 10.4 Å². The van der Waals surface area contributed by atoms with Crippen molar-refractivity contribution in [2.75, 3.05) is 6.54 Å². The van der Waals surface area contributed by atoms with Crippen molar-refractivity contribution in [2.45, 2.75) is 26.4 Å². The van der Waals surface area contributed by atoms with Crippen LogP contribution in [0.2, 0.25) is 0 Å². The Kier molecular flexibility index (Phi) is 4.71. The summed E-state index contributed by atoms with van der Waals surface area (Å²) >= 11 is 0. The van der Waals surface area contributed by atoms with Crippen molar-refractivity contribution in [3.63, 3.8) is 0 Å². The summed E-state index contributed by atoms with van der Waals surface area (Å²) in [5, 5.41) is 16.9. The smallest absolute Gasteiger partial charge is 0.252 e. The molecular formula is C17H18FN5O2. The lowest BCUT2D eigenvalue weighted by Crippen LogP contribution is -2.30. The number of hydrogen-bond donors (Lipinski definition) is 2. The monoisotopic (exact) mass is 343 g/mol. The molecular weight excluding hydrogens is 325 g/mol. The largest absolute Gasteiger partial charge is 0.387 e. The fourth-order valence-corrected chi connectivity index (χ4v) is 2.50. The van der Waals surface area contributed by atoms with Gasteiger partial charge >= 0.3 is 0 Å². The average molecular weight is 343 g/mol. The van der Waals surface area contributed by atoms with Gasteiger partial charge in [0.25, 0.3) is 5.78 Å². The Morgan fingerprint density at radius 2 is 2.00 bits per heavy atom. The third-order valence-electron chi connectivity index (χ3n) is 3.73. The summed E-state index contributed by atoms with van der Waals surface area (Å²) in [5.41, 5.74) is 2.24. The van der Waals surface area contributed by atoms with E-state index in [-0.39, 0.29) is 24.7 Å². The fraction of sp³-hybridized carbons (Fsp3) is 0.294. The van der Waals surface area contributed by atoms with E-state index in [9.17, 15) is 14.3 Å². The van der Waals surface area contributed by atoms with Crippen LogP contribution in [-0.2, 0) is 11.2 Å². The average Bonchev–Trinajstić information content (AvgIpc) is 2.96. The van der Waals surface area contributed by atoms with E-state index in [1.165, 1.54) is 24.3 Å². The fourth-order valence-electron chi connectivity index (χ4n) is 2.50. The Morgan fingerprint density at radius 3 is 2.72 bits per heavy atom. The molecule has 130 valence electrons. The molecule has 0 aliphatic heterocycles. The molecule has 3 rings (SSSR count). The van der Waals surface area contributed by atoms with Gasteiger partial charge in [-0.2, -0.15) is 4.98 Å². The van der Waals surface area contributed by atoms with Gasteiger partial charge in [-0.3, -0.25) is 4.79 Å². The topological polar surface area (TPSA) is 92.4 Å². The van der Waals surface area contributed by atoms with Gasteiger partial charge in [-0.05, 0) is 37.6 Å². The maximum atomic E-state index is 12.9. The lowest BCUT2D eigenvalue weighted by atomic mass is 10.1. The molecule has 0 fully saturated rings. The number of aryl methyl sites for hydroxylation is 2. The van der Waals surface area contributed by atoms with Crippen LogP contribution in [0.4, 0.5) is 4.39 Å². The molecule has 0 aliphatic carbocycles. The van der Waals surface area contributed by atoms with Gasteiger partial charge in [-0.25, -0.2) is 13.9 Å². The second kappa shape index (κ2) is 6.94. The third-order valence-corrected chi connectivity index (χ3v) is 3.73. The van der Waals surface area contributed by atoms with Gasteiger partial charge in [0.05, 0.1) is 12.5 Å². The first-order valence-corrected chi connectivity index (χ1v) is 7.82. The molecule has 0 saturated carbocycles. The SMILES string of the molecule is Cc1cc(C)n2nc(CC(=O)NCC(O)c3ccc(F)cc3)nc2n1. The van der Waals surface area contributed by atoms with Crippen LogP contribution in [0.25, 0.3) is 5.78 Å². The van der Waals surface area contributed by atoms with Crippen molar-refractivity contribution in [3.8, 4) is 0 Å². The molecule has 0 saturated heterocycles. The molecule has 1 aromatic carbocycles. The molecule has 2 aromatic heterocycles. The second-order valence-corrected chi connectivity index (χ2v) is 5.83. The van der Waals surface area contributed by atoms with E-state index < -0.39 is 6.10 Å². The van der Waals surface area contributed by atoms with Crippen LogP contribution in [-0.4, -0.2) is 37.1 Å². The number of carbonyl (C=O) groups is 1. The van der Waals surface area contributed by atoms with Crippen molar-refractivity contribution in [3.05, 3.63) is 58.9 Å². The summed E-state index contributed by atoms with van der Waals surface area (Å²) in [6.07, 6.45) is -0.928. The van der Waals surface area contributed by atoms with Crippen LogP contribution in [0.5, 0.6) is 0 Å². The molecule has 2 heterocycles. The van der Waals surface area contributed by atoms with Crippen LogP contribution < -0.4 is 5.32 Å². The second-order valence-electron chi connectivity index (χ2n) is 5.83. The quantitative estimate of drug-likeness (QED) is 0.728. The van der Waals surface area contributed by atoms with E-state index in [0.29, 0.717) is 17.2 Å². The van der Waals surface area contributed by atoms with Crippen LogP contribution in [0.3, 0.4) is 0 Å². The van der Waals surface area contributed by atoms with Crippen LogP contribution in [0, 0.1) is 19.7 Å². The Hall–Kier alpha value is -2.87. The normalized spacial score (nSPS) is 12.3. The van der Waals surface area contributed by atoms with Gasteiger partial charge in [-0.1, -0.05) is 12.1 Å². The molecule has 1 amide bonds. The molecule has 0 aliphatic rings. The number of halogens is 1. The number of benzene rings is 1. The van der Waals surface area contributed by atoms with Crippen molar-refractivity contribution in [2.24, 2.45) is 0 Å². The first kappa shape index (κ1) is 17.0. The molecule has 1 atom stereocenters. The number of nitrogens with one attached hydrogen (secondary N) is 1. The minimum Gasteiger partial charge on any atom is -0.387 e. The van der Waals surface area contributed by atoms with Gasteiger partial charge in [-0.15, -0.1) is 5.10 Å². The molecule has 25 heavy (non-hydrogen) atoms.